The number of carbonyl (C=O) groups excluding carboxylic acids is 1. The van der Waals surface area contributed by atoms with Crippen LogP contribution in [0.2, 0.25) is 0 Å². The molecule has 1 aliphatic rings. The van der Waals surface area contributed by atoms with Gasteiger partial charge in [0.2, 0.25) is 5.78 Å². The normalized spacial score (nSPS) is 17.7. The van der Waals surface area contributed by atoms with Crippen LogP contribution < -0.4 is 4.74 Å². The molecule has 2 aromatic rings. The molecule has 9 heteroatoms. The number of carbonyl (C=O) groups is 1. The molecule has 0 atom stereocenters. The fourth-order valence-corrected chi connectivity index (χ4v) is 2.59. The average Bonchev–Trinajstić information content (AvgIpc) is 2.65. The maximum absolute atomic E-state index is 13.8. The maximum atomic E-state index is 13.8. The smallest absolute Gasteiger partial charge is 0.376 e. The van der Waals surface area contributed by atoms with Crippen LogP contribution in [0.3, 0.4) is 0 Å². The molecule has 25 heavy (non-hydrogen) atoms. The van der Waals surface area contributed by atoms with Crippen molar-refractivity contribution in [3.05, 3.63) is 52.8 Å². The summed E-state index contributed by atoms with van der Waals surface area (Å²) < 4.78 is 86.7. The number of Topliss-reactive ketones (excluding diaryl/α,β-unsaturated/α-hetero) is 1. The third-order valence-electron chi connectivity index (χ3n) is 3.76. The van der Waals surface area contributed by atoms with Crippen LogP contribution in [-0.2, 0) is 5.92 Å². The van der Waals surface area contributed by atoms with Crippen LogP contribution in [0.25, 0.3) is 0 Å². The average molecular weight is 361 g/mol. The van der Waals surface area contributed by atoms with Gasteiger partial charge in [-0.2, -0.15) is 17.6 Å². The number of benzene rings is 1. The summed E-state index contributed by atoms with van der Waals surface area (Å²) in [4.78, 5) is 15.6. The minimum atomic E-state index is -5.09. The zero-order valence-electron chi connectivity index (χ0n) is 12.5. The molecule has 0 saturated heterocycles. The molecular formula is C16H9F6NO2. The van der Waals surface area contributed by atoms with E-state index < -0.39 is 46.5 Å². The van der Waals surface area contributed by atoms with Crippen LogP contribution in [0.15, 0.2) is 30.5 Å². The number of fused-ring (bicyclic) bond motifs is 1. The lowest BCUT2D eigenvalue weighted by Gasteiger charge is -2.17. The Kier molecular flexibility index (Phi) is 3.77. The summed E-state index contributed by atoms with van der Waals surface area (Å²) in [6, 6.07) is 3.90. The van der Waals surface area contributed by atoms with Gasteiger partial charge in [-0.3, -0.25) is 9.78 Å². The minimum absolute atomic E-state index is 0.0401. The van der Waals surface area contributed by atoms with E-state index in [1.807, 2.05) is 0 Å². The standard InChI is InChI=1S/C16H9F6NO2/c1-7-6-8(4-5-23-7)25-10-3-2-9-11(12(10)14(17)18)13(24)16(21,22)15(9,19)20/h2-6,14H,1H3. The zero-order chi connectivity index (χ0) is 18.6. The number of rotatable bonds is 3. The number of aromatic nitrogens is 1. The lowest BCUT2D eigenvalue weighted by Crippen LogP contribution is -2.38. The molecule has 1 aromatic heterocycles. The van der Waals surface area contributed by atoms with Crippen LogP contribution in [-0.4, -0.2) is 16.7 Å². The predicted octanol–water partition coefficient (Wildman–Crippen LogP) is 5.04. The Morgan fingerprint density at radius 3 is 2.36 bits per heavy atom. The summed E-state index contributed by atoms with van der Waals surface area (Å²) in [5.41, 5.74) is -3.63. The van der Waals surface area contributed by atoms with Crippen molar-refractivity contribution in [2.45, 2.75) is 25.2 Å². The van der Waals surface area contributed by atoms with Crippen molar-refractivity contribution in [2.75, 3.05) is 0 Å². The lowest BCUT2D eigenvalue weighted by molar-refractivity contribution is -0.176. The van der Waals surface area contributed by atoms with Crippen molar-refractivity contribution in [1.82, 2.24) is 4.98 Å². The highest BCUT2D eigenvalue weighted by molar-refractivity contribution is 6.08. The van der Waals surface area contributed by atoms with Crippen molar-refractivity contribution < 1.29 is 35.9 Å². The molecule has 132 valence electrons. The van der Waals surface area contributed by atoms with Gasteiger partial charge < -0.3 is 4.74 Å². The van der Waals surface area contributed by atoms with Gasteiger partial charge in [0.1, 0.15) is 11.5 Å². The fourth-order valence-electron chi connectivity index (χ4n) is 2.59. The predicted molar refractivity (Wildman–Crippen MR) is 73.6 cm³/mol. The summed E-state index contributed by atoms with van der Waals surface area (Å²) >= 11 is 0. The Labute approximate surface area is 137 Å². The van der Waals surface area contributed by atoms with E-state index in [1.165, 1.54) is 18.3 Å². The minimum Gasteiger partial charge on any atom is -0.457 e. The van der Waals surface area contributed by atoms with E-state index in [1.54, 1.807) is 6.92 Å². The van der Waals surface area contributed by atoms with Gasteiger partial charge in [-0.1, -0.05) is 0 Å². The van der Waals surface area contributed by atoms with Crippen LogP contribution >= 0.6 is 0 Å². The molecule has 0 spiro atoms. The lowest BCUT2D eigenvalue weighted by atomic mass is 10.0. The van der Waals surface area contributed by atoms with Crippen LogP contribution in [0.5, 0.6) is 11.5 Å². The molecule has 0 N–H and O–H groups in total. The van der Waals surface area contributed by atoms with Gasteiger partial charge in [0.25, 0.3) is 6.43 Å². The fraction of sp³-hybridized carbons (Fsp3) is 0.250. The first-order valence-corrected chi connectivity index (χ1v) is 6.94. The number of ketones is 1. The Balaban J connectivity index is 2.19. The summed E-state index contributed by atoms with van der Waals surface area (Å²) in [5.74, 6) is -12.9. The zero-order valence-corrected chi connectivity index (χ0v) is 12.5. The first kappa shape index (κ1) is 17.2. The third kappa shape index (κ3) is 2.45. The largest absolute Gasteiger partial charge is 0.457 e. The summed E-state index contributed by atoms with van der Waals surface area (Å²) in [6.07, 6.45) is -2.16. The number of hydrogen-bond acceptors (Lipinski definition) is 3. The highest BCUT2D eigenvalue weighted by Gasteiger charge is 2.70. The number of halogens is 6. The SMILES string of the molecule is Cc1cc(Oc2ccc3c(c2C(F)F)C(=O)C(F)(F)C3(F)F)ccn1. The monoisotopic (exact) mass is 361 g/mol. The van der Waals surface area contributed by atoms with E-state index in [4.69, 9.17) is 4.74 Å². The molecule has 0 saturated carbocycles. The molecule has 0 amide bonds. The number of ether oxygens (including phenoxy) is 1. The number of pyridine rings is 1. The van der Waals surface area contributed by atoms with E-state index >= 15 is 0 Å². The highest BCUT2D eigenvalue weighted by atomic mass is 19.3. The number of aryl methyl sites for hydroxylation is 1. The van der Waals surface area contributed by atoms with Gasteiger partial charge in [-0.25, -0.2) is 8.78 Å². The van der Waals surface area contributed by atoms with E-state index in [9.17, 15) is 31.1 Å². The van der Waals surface area contributed by atoms with Crippen LogP contribution in [0.1, 0.15) is 33.6 Å². The summed E-state index contributed by atoms with van der Waals surface area (Å²) in [6.45, 7) is 1.59. The second-order valence-corrected chi connectivity index (χ2v) is 5.41. The molecule has 1 aliphatic carbocycles. The number of hydrogen-bond donors (Lipinski definition) is 0. The summed E-state index contributed by atoms with van der Waals surface area (Å²) in [5, 5.41) is 0. The van der Waals surface area contributed by atoms with Gasteiger partial charge in [0.05, 0.1) is 5.56 Å². The van der Waals surface area contributed by atoms with Crippen LogP contribution in [0.4, 0.5) is 26.3 Å². The van der Waals surface area contributed by atoms with Gasteiger partial charge in [0.15, 0.2) is 0 Å². The molecule has 0 unspecified atom stereocenters. The Morgan fingerprint density at radius 2 is 1.76 bits per heavy atom. The van der Waals surface area contributed by atoms with Gasteiger partial charge in [-0.15, -0.1) is 0 Å². The first-order chi connectivity index (χ1) is 11.6. The van der Waals surface area contributed by atoms with Gasteiger partial charge in [-0.05, 0) is 25.1 Å². The molecule has 0 radical (unpaired) electrons. The molecule has 1 aromatic carbocycles. The van der Waals surface area contributed by atoms with E-state index in [-0.39, 0.29) is 5.75 Å². The molecule has 3 rings (SSSR count). The number of alkyl halides is 6. The molecule has 0 bridgehead atoms. The molecule has 3 nitrogen and oxygen atoms in total. The first-order valence-electron chi connectivity index (χ1n) is 6.94. The topological polar surface area (TPSA) is 39.2 Å². The van der Waals surface area contributed by atoms with Crippen LogP contribution in [0, 0.1) is 6.92 Å². The molecule has 0 aliphatic heterocycles. The summed E-state index contributed by atoms with van der Waals surface area (Å²) in [7, 11) is 0. The van der Waals surface area contributed by atoms with Crippen molar-refractivity contribution in [2.24, 2.45) is 0 Å². The van der Waals surface area contributed by atoms with E-state index in [0.717, 1.165) is 6.07 Å². The van der Waals surface area contributed by atoms with Crippen molar-refractivity contribution in [3.8, 4) is 11.5 Å². The molecular weight excluding hydrogens is 352 g/mol. The van der Waals surface area contributed by atoms with Gasteiger partial charge in [0, 0.05) is 29.1 Å². The Hall–Kier alpha value is -2.58. The molecule has 1 heterocycles. The Morgan fingerprint density at radius 1 is 1.08 bits per heavy atom. The van der Waals surface area contributed by atoms with E-state index in [0.29, 0.717) is 11.8 Å². The quantitative estimate of drug-likeness (QED) is 0.719. The second kappa shape index (κ2) is 5.47. The van der Waals surface area contributed by atoms with Crippen molar-refractivity contribution in [1.29, 1.82) is 0 Å². The van der Waals surface area contributed by atoms with Crippen molar-refractivity contribution in [3.63, 3.8) is 0 Å². The molecule has 0 fully saturated rings. The highest BCUT2D eigenvalue weighted by Crippen LogP contribution is 2.55. The number of nitrogens with zero attached hydrogens (tertiary/aromatic N) is 1. The Bertz CT molecular complexity index is 866. The second-order valence-electron chi connectivity index (χ2n) is 5.41. The van der Waals surface area contributed by atoms with Crippen molar-refractivity contribution >= 4 is 5.78 Å². The van der Waals surface area contributed by atoms with E-state index in [2.05, 4.69) is 4.98 Å². The van der Waals surface area contributed by atoms with Gasteiger partial charge >= 0.3 is 11.8 Å². The maximum Gasteiger partial charge on any atom is 0.376 e. The third-order valence-corrected chi connectivity index (χ3v) is 3.76.